The van der Waals surface area contributed by atoms with Gasteiger partial charge in [0, 0.05) is 12.1 Å². The van der Waals surface area contributed by atoms with Gasteiger partial charge in [-0.3, -0.25) is 9.59 Å². The van der Waals surface area contributed by atoms with Gasteiger partial charge in [0.05, 0.1) is 6.42 Å². The molecule has 0 aromatic heterocycles. The summed E-state index contributed by atoms with van der Waals surface area (Å²) in [5.74, 6) is 0.932. The molecule has 0 fully saturated rings. The third kappa shape index (κ3) is 5.03. The van der Waals surface area contributed by atoms with Gasteiger partial charge in [-0.15, -0.1) is 0 Å². The number of fused-ring (bicyclic) bond motifs is 1. The fourth-order valence-corrected chi connectivity index (χ4v) is 3.11. The minimum atomic E-state index is -0.604. The Morgan fingerprint density at radius 1 is 1.00 bits per heavy atom. The van der Waals surface area contributed by atoms with Crippen LogP contribution in [-0.4, -0.2) is 31.1 Å². The molecular formula is C22H26N2O4. The minimum Gasteiger partial charge on any atom is -0.486 e. The number of ether oxygens (including phenoxy) is 2. The average Bonchev–Trinajstić information content (AvgIpc) is 2.70. The molecular weight excluding hydrogens is 356 g/mol. The predicted molar refractivity (Wildman–Crippen MR) is 106 cm³/mol. The summed E-state index contributed by atoms with van der Waals surface area (Å²) in [5, 5.41) is 5.77. The van der Waals surface area contributed by atoms with Crippen LogP contribution in [0.25, 0.3) is 0 Å². The Bertz CT molecular complexity index is 821. The van der Waals surface area contributed by atoms with Crippen molar-refractivity contribution in [3.63, 3.8) is 0 Å². The van der Waals surface area contributed by atoms with Gasteiger partial charge in [-0.2, -0.15) is 0 Å². The van der Waals surface area contributed by atoms with Gasteiger partial charge in [0.25, 0.3) is 0 Å². The largest absolute Gasteiger partial charge is 0.486 e. The molecule has 0 bridgehead atoms. The topological polar surface area (TPSA) is 76.7 Å². The molecule has 0 aliphatic carbocycles. The Morgan fingerprint density at radius 3 is 2.50 bits per heavy atom. The maximum absolute atomic E-state index is 12.7. The number of amides is 2. The molecule has 6 nitrogen and oxygen atoms in total. The normalized spacial score (nSPS) is 13.7. The zero-order valence-electron chi connectivity index (χ0n) is 16.2. The van der Waals surface area contributed by atoms with Gasteiger partial charge in [-0.05, 0) is 17.5 Å². The molecule has 28 heavy (non-hydrogen) atoms. The Kier molecular flexibility index (Phi) is 6.53. The Balaban J connectivity index is 1.60. The van der Waals surface area contributed by atoms with E-state index in [4.69, 9.17) is 9.47 Å². The van der Waals surface area contributed by atoms with Crippen LogP contribution in [0, 0.1) is 5.92 Å². The lowest BCUT2D eigenvalue weighted by atomic mass is 10.0. The molecule has 2 amide bonds. The van der Waals surface area contributed by atoms with E-state index < -0.39 is 6.04 Å². The van der Waals surface area contributed by atoms with Crippen LogP contribution in [0.3, 0.4) is 0 Å². The molecule has 148 valence electrons. The highest BCUT2D eigenvalue weighted by molar-refractivity contribution is 5.88. The molecule has 0 spiro atoms. The molecule has 1 unspecified atom stereocenters. The molecule has 2 aromatic rings. The second-order valence-corrected chi connectivity index (χ2v) is 7.11. The van der Waals surface area contributed by atoms with Crippen LogP contribution in [0.5, 0.6) is 11.5 Å². The van der Waals surface area contributed by atoms with Crippen molar-refractivity contribution in [3.8, 4) is 11.5 Å². The monoisotopic (exact) mass is 382 g/mol. The number of para-hydroxylation sites is 1. The molecule has 2 N–H and O–H groups in total. The second-order valence-electron chi connectivity index (χ2n) is 7.11. The quantitative estimate of drug-likeness (QED) is 0.771. The first-order valence-electron chi connectivity index (χ1n) is 9.53. The lowest BCUT2D eigenvalue weighted by Gasteiger charge is -2.23. The SMILES string of the molecule is CC(C)C(NC(=O)Cc1ccccc1)C(=O)NCc1cccc2c1OCCO2. The number of benzene rings is 2. The average molecular weight is 382 g/mol. The first-order valence-corrected chi connectivity index (χ1v) is 9.53. The molecule has 1 atom stereocenters. The highest BCUT2D eigenvalue weighted by Gasteiger charge is 2.24. The van der Waals surface area contributed by atoms with E-state index in [-0.39, 0.29) is 24.2 Å². The number of hydrogen-bond acceptors (Lipinski definition) is 4. The maximum Gasteiger partial charge on any atom is 0.243 e. The van der Waals surface area contributed by atoms with Gasteiger partial charge in [-0.25, -0.2) is 0 Å². The van der Waals surface area contributed by atoms with E-state index in [1.165, 1.54) is 0 Å². The van der Waals surface area contributed by atoms with E-state index >= 15 is 0 Å². The van der Waals surface area contributed by atoms with Crippen LogP contribution in [0.1, 0.15) is 25.0 Å². The third-order valence-electron chi connectivity index (χ3n) is 4.57. The molecule has 0 saturated carbocycles. The zero-order valence-corrected chi connectivity index (χ0v) is 16.2. The van der Waals surface area contributed by atoms with Crippen molar-refractivity contribution < 1.29 is 19.1 Å². The maximum atomic E-state index is 12.7. The minimum absolute atomic E-state index is 0.0380. The van der Waals surface area contributed by atoms with Crippen LogP contribution in [0.4, 0.5) is 0 Å². The van der Waals surface area contributed by atoms with Crippen molar-refractivity contribution in [3.05, 3.63) is 59.7 Å². The smallest absolute Gasteiger partial charge is 0.243 e. The van der Waals surface area contributed by atoms with E-state index in [0.29, 0.717) is 31.3 Å². The molecule has 1 heterocycles. The first-order chi connectivity index (χ1) is 13.5. The number of rotatable bonds is 7. The first kappa shape index (κ1) is 19.7. The van der Waals surface area contributed by atoms with Gasteiger partial charge in [0.1, 0.15) is 19.3 Å². The fraction of sp³-hybridized carbons (Fsp3) is 0.364. The Morgan fingerprint density at radius 2 is 1.75 bits per heavy atom. The molecule has 2 aromatic carbocycles. The van der Waals surface area contributed by atoms with Crippen molar-refractivity contribution in [2.24, 2.45) is 5.92 Å². The van der Waals surface area contributed by atoms with Crippen molar-refractivity contribution in [2.75, 3.05) is 13.2 Å². The van der Waals surface area contributed by atoms with Crippen molar-refractivity contribution in [1.29, 1.82) is 0 Å². The molecule has 0 radical (unpaired) electrons. The van der Waals surface area contributed by atoms with Gasteiger partial charge in [-0.1, -0.05) is 56.3 Å². The molecule has 6 heteroatoms. The van der Waals surface area contributed by atoms with Gasteiger partial charge in [0.2, 0.25) is 11.8 Å². The summed E-state index contributed by atoms with van der Waals surface area (Å²) in [6.07, 6.45) is 0.245. The summed E-state index contributed by atoms with van der Waals surface area (Å²) in [4.78, 5) is 25.1. The van der Waals surface area contributed by atoms with Crippen LogP contribution in [0.2, 0.25) is 0 Å². The summed E-state index contributed by atoms with van der Waals surface area (Å²) in [7, 11) is 0. The summed E-state index contributed by atoms with van der Waals surface area (Å²) >= 11 is 0. The second kappa shape index (κ2) is 9.26. The van der Waals surface area contributed by atoms with Gasteiger partial charge < -0.3 is 20.1 Å². The zero-order chi connectivity index (χ0) is 19.9. The van der Waals surface area contributed by atoms with Crippen LogP contribution < -0.4 is 20.1 Å². The third-order valence-corrected chi connectivity index (χ3v) is 4.57. The molecule has 1 aliphatic rings. The highest BCUT2D eigenvalue weighted by atomic mass is 16.6. The molecule has 1 aliphatic heterocycles. The number of carbonyl (C=O) groups is 2. The van der Waals surface area contributed by atoms with Crippen LogP contribution in [-0.2, 0) is 22.6 Å². The summed E-state index contributed by atoms with van der Waals surface area (Å²) in [6.45, 7) is 5.14. The summed E-state index contributed by atoms with van der Waals surface area (Å²) in [5.41, 5.74) is 1.76. The number of nitrogens with one attached hydrogen (secondary N) is 2. The predicted octanol–water partition coefficient (Wildman–Crippen LogP) is 2.46. The lowest BCUT2D eigenvalue weighted by molar-refractivity contribution is -0.129. The van der Waals surface area contributed by atoms with Crippen molar-refractivity contribution in [2.45, 2.75) is 32.9 Å². The van der Waals surface area contributed by atoms with Crippen LogP contribution in [0.15, 0.2) is 48.5 Å². The standard InChI is InChI=1S/C22H26N2O4/c1-15(2)20(24-19(25)13-16-7-4-3-5-8-16)22(26)23-14-17-9-6-10-18-21(17)28-12-11-27-18/h3-10,15,20H,11-14H2,1-2H3,(H,23,26)(H,24,25). The summed E-state index contributed by atoms with van der Waals surface area (Å²) in [6, 6.07) is 14.5. The molecule has 3 rings (SSSR count). The Labute approximate surface area is 165 Å². The number of carbonyl (C=O) groups excluding carboxylic acids is 2. The van der Waals surface area contributed by atoms with Gasteiger partial charge in [0.15, 0.2) is 11.5 Å². The molecule has 0 saturated heterocycles. The van der Waals surface area contributed by atoms with E-state index in [1.807, 2.05) is 62.4 Å². The van der Waals surface area contributed by atoms with Crippen LogP contribution >= 0.6 is 0 Å². The Hall–Kier alpha value is -3.02. The summed E-state index contributed by atoms with van der Waals surface area (Å²) < 4.78 is 11.3. The van der Waals surface area contributed by atoms with Crippen molar-refractivity contribution in [1.82, 2.24) is 10.6 Å². The van der Waals surface area contributed by atoms with Gasteiger partial charge >= 0.3 is 0 Å². The van der Waals surface area contributed by atoms with E-state index in [0.717, 1.165) is 11.1 Å². The fourth-order valence-electron chi connectivity index (χ4n) is 3.11. The van der Waals surface area contributed by atoms with E-state index in [9.17, 15) is 9.59 Å². The van der Waals surface area contributed by atoms with E-state index in [1.54, 1.807) is 0 Å². The number of hydrogen-bond donors (Lipinski definition) is 2. The highest BCUT2D eigenvalue weighted by Crippen LogP contribution is 2.33. The van der Waals surface area contributed by atoms with Crippen molar-refractivity contribution >= 4 is 11.8 Å². The van der Waals surface area contributed by atoms with E-state index in [2.05, 4.69) is 10.6 Å². The lowest BCUT2D eigenvalue weighted by Crippen LogP contribution is -2.49.